The average Bonchev–Trinajstić information content (AvgIpc) is 2.63. The van der Waals surface area contributed by atoms with Crippen LogP contribution in [0.25, 0.3) is 0 Å². The molecule has 0 amide bonds. The molecule has 2 N–H and O–H groups in total. The Morgan fingerprint density at radius 3 is 2.63 bits per heavy atom. The van der Waals surface area contributed by atoms with E-state index in [9.17, 15) is 0 Å². The van der Waals surface area contributed by atoms with E-state index in [0.717, 1.165) is 51.6 Å². The zero-order valence-electron chi connectivity index (χ0n) is 16.7. The third kappa shape index (κ3) is 9.91. The SMILES string of the molecule is CCNC(=NCC(C)CN1CCN(C)CC1)NCCc1ccc(Cl)nc1.I. The van der Waals surface area contributed by atoms with Crippen LogP contribution in [-0.2, 0) is 6.42 Å². The summed E-state index contributed by atoms with van der Waals surface area (Å²) in [5.74, 6) is 1.44. The molecule has 1 fully saturated rings. The number of likely N-dealkylation sites (N-methyl/N-ethyl adjacent to an activating group) is 1. The third-order valence-electron chi connectivity index (χ3n) is 4.57. The maximum atomic E-state index is 5.82. The molecule has 1 aromatic heterocycles. The van der Waals surface area contributed by atoms with Crippen molar-refractivity contribution in [2.24, 2.45) is 10.9 Å². The lowest BCUT2D eigenvalue weighted by atomic mass is 10.1. The minimum Gasteiger partial charge on any atom is -0.357 e. The van der Waals surface area contributed by atoms with Crippen molar-refractivity contribution >= 4 is 41.5 Å². The van der Waals surface area contributed by atoms with E-state index in [2.05, 4.69) is 46.3 Å². The van der Waals surface area contributed by atoms with Gasteiger partial charge in [0, 0.05) is 58.6 Å². The molecule has 2 rings (SSSR count). The molecule has 0 aliphatic carbocycles. The van der Waals surface area contributed by atoms with E-state index >= 15 is 0 Å². The number of pyridine rings is 1. The summed E-state index contributed by atoms with van der Waals surface area (Å²) in [7, 11) is 2.19. The van der Waals surface area contributed by atoms with Crippen LogP contribution in [0.2, 0.25) is 5.15 Å². The van der Waals surface area contributed by atoms with Gasteiger partial charge in [0.05, 0.1) is 0 Å². The van der Waals surface area contributed by atoms with Crippen LogP contribution in [0, 0.1) is 5.92 Å². The van der Waals surface area contributed by atoms with Gasteiger partial charge in [0.15, 0.2) is 5.96 Å². The van der Waals surface area contributed by atoms with E-state index in [1.807, 2.05) is 18.3 Å². The molecule has 6 nitrogen and oxygen atoms in total. The van der Waals surface area contributed by atoms with Crippen LogP contribution < -0.4 is 10.6 Å². The Labute approximate surface area is 186 Å². The number of hydrogen-bond acceptors (Lipinski definition) is 4. The Kier molecular flexibility index (Phi) is 12.2. The van der Waals surface area contributed by atoms with Gasteiger partial charge in [-0.05, 0) is 37.9 Å². The smallest absolute Gasteiger partial charge is 0.191 e. The molecule has 8 heteroatoms. The van der Waals surface area contributed by atoms with Crippen molar-refractivity contribution in [1.82, 2.24) is 25.4 Å². The van der Waals surface area contributed by atoms with Crippen molar-refractivity contribution in [3.05, 3.63) is 29.0 Å². The number of nitrogens with zero attached hydrogens (tertiary/aromatic N) is 4. The van der Waals surface area contributed by atoms with Crippen molar-refractivity contribution in [1.29, 1.82) is 0 Å². The van der Waals surface area contributed by atoms with Crippen molar-refractivity contribution in [3.63, 3.8) is 0 Å². The Morgan fingerprint density at radius 2 is 2.00 bits per heavy atom. The molecule has 1 aliphatic heterocycles. The van der Waals surface area contributed by atoms with Gasteiger partial charge in [-0.3, -0.25) is 4.99 Å². The number of piperazine rings is 1. The van der Waals surface area contributed by atoms with Gasteiger partial charge >= 0.3 is 0 Å². The molecule has 2 heterocycles. The summed E-state index contributed by atoms with van der Waals surface area (Å²) >= 11 is 5.82. The standard InChI is InChI=1S/C19H33ClN6.HI/c1-4-21-19(22-8-7-17-5-6-18(20)23-14-17)24-13-16(2)15-26-11-9-25(3)10-12-26;/h5-6,14,16H,4,7-13,15H2,1-3H3,(H2,21,22,24);1H. The van der Waals surface area contributed by atoms with E-state index in [4.69, 9.17) is 16.6 Å². The lowest BCUT2D eigenvalue weighted by Crippen LogP contribution is -2.46. The minimum absolute atomic E-state index is 0. The van der Waals surface area contributed by atoms with Crippen molar-refractivity contribution in [2.75, 3.05) is 59.4 Å². The highest BCUT2D eigenvalue weighted by molar-refractivity contribution is 14.0. The predicted molar refractivity (Wildman–Crippen MR) is 125 cm³/mol. The van der Waals surface area contributed by atoms with Crippen LogP contribution in [-0.4, -0.2) is 80.1 Å². The highest BCUT2D eigenvalue weighted by Gasteiger charge is 2.15. The molecule has 0 saturated carbocycles. The first-order chi connectivity index (χ1) is 12.6. The monoisotopic (exact) mass is 508 g/mol. The van der Waals surface area contributed by atoms with Gasteiger partial charge in [0.1, 0.15) is 5.15 Å². The molecule has 1 saturated heterocycles. The Hall–Kier alpha value is -0.640. The van der Waals surface area contributed by atoms with Crippen LogP contribution in [0.1, 0.15) is 19.4 Å². The zero-order valence-corrected chi connectivity index (χ0v) is 19.8. The molecule has 0 aromatic carbocycles. The fraction of sp³-hybridized carbons (Fsp3) is 0.684. The molecule has 1 atom stereocenters. The summed E-state index contributed by atoms with van der Waals surface area (Å²) in [5.41, 5.74) is 1.17. The zero-order chi connectivity index (χ0) is 18.8. The van der Waals surface area contributed by atoms with Crippen LogP contribution in [0.3, 0.4) is 0 Å². The molecule has 27 heavy (non-hydrogen) atoms. The van der Waals surface area contributed by atoms with E-state index in [0.29, 0.717) is 11.1 Å². The largest absolute Gasteiger partial charge is 0.357 e. The van der Waals surface area contributed by atoms with Gasteiger partial charge in [0.25, 0.3) is 0 Å². The van der Waals surface area contributed by atoms with E-state index < -0.39 is 0 Å². The molecule has 1 unspecified atom stereocenters. The van der Waals surface area contributed by atoms with Crippen molar-refractivity contribution < 1.29 is 0 Å². The van der Waals surface area contributed by atoms with E-state index in [1.165, 1.54) is 18.7 Å². The summed E-state index contributed by atoms with van der Waals surface area (Å²) in [6.07, 6.45) is 2.72. The maximum Gasteiger partial charge on any atom is 0.191 e. The molecule has 0 radical (unpaired) electrons. The van der Waals surface area contributed by atoms with Crippen LogP contribution in [0.15, 0.2) is 23.3 Å². The lowest BCUT2D eigenvalue weighted by molar-refractivity contribution is 0.140. The van der Waals surface area contributed by atoms with Gasteiger partial charge in [-0.2, -0.15) is 0 Å². The van der Waals surface area contributed by atoms with Crippen LogP contribution >= 0.6 is 35.6 Å². The summed E-state index contributed by atoms with van der Waals surface area (Å²) < 4.78 is 0. The first-order valence-electron chi connectivity index (χ1n) is 9.60. The lowest BCUT2D eigenvalue weighted by Gasteiger charge is -2.33. The fourth-order valence-corrected chi connectivity index (χ4v) is 3.11. The average molecular weight is 509 g/mol. The highest BCUT2D eigenvalue weighted by Crippen LogP contribution is 2.06. The minimum atomic E-state index is 0. The van der Waals surface area contributed by atoms with Gasteiger partial charge in [0.2, 0.25) is 0 Å². The molecule has 0 bridgehead atoms. The normalized spacial score (nSPS) is 17.3. The summed E-state index contributed by atoms with van der Waals surface area (Å²) in [4.78, 5) is 13.8. The summed E-state index contributed by atoms with van der Waals surface area (Å²) in [6.45, 7) is 12.7. The molecule has 0 spiro atoms. The second kappa shape index (κ2) is 13.5. The summed E-state index contributed by atoms with van der Waals surface area (Å²) in [6, 6.07) is 3.84. The van der Waals surface area contributed by atoms with Crippen LogP contribution in [0.4, 0.5) is 0 Å². The third-order valence-corrected chi connectivity index (χ3v) is 4.79. The molecular weight excluding hydrogens is 475 g/mol. The molecule has 154 valence electrons. The Morgan fingerprint density at radius 1 is 1.26 bits per heavy atom. The quantitative estimate of drug-likeness (QED) is 0.244. The molecular formula is C19H34ClIN6. The molecule has 1 aliphatic rings. The Bertz CT molecular complexity index is 546. The van der Waals surface area contributed by atoms with Crippen LogP contribution in [0.5, 0.6) is 0 Å². The number of aliphatic imine (C=N–C) groups is 1. The number of guanidine groups is 1. The number of aromatic nitrogens is 1. The topological polar surface area (TPSA) is 55.8 Å². The Balaban J connectivity index is 0.00000364. The van der Waals surface area contributed by atoms with E-state index in [-0.39, 0.29) is 24.0 Å². The maximum absolute atomic E-state index is 5.82. The first kappa shape index (κ1) is 24.4. The number of rotatable bonds is 8. The van der Waals surface area contributed by atoms with Gasteiger partial charge < -0.3 is 20.4 Å². The second-order valence-electron chi connectivity index (χ2n) is 7.09. The molecule has 1 aromatic rings. The highest BCUT2D eigenvalue weighted by atomic mass is 127. The number of nitrogens with one attached hydrogen (secondary N) is 2. The predicted octanol–water partition coefficient (Wildman–Crippen LogP) is 2.33. The van der Waals surface area contributed by atoms with Gasteiger partial charge in [-0.25, -0.2) is 4.98 Å². The van der Waals surface area contributed by atoms with Gasteiger partial charge in [-0.1, -0.05) is 24.6 Å². The summed E-state index contributed by atoms with van der Waals surface area (Å²) in [5, 5.41) is 7.26. The number of halogens is 2. The number of hydrogen-bond donors (Lipinski definition) is 2. The fourth-order valence-electron chi connectivity index (χ4n) is 3.00. The van der Waals surface area contributed by atoms with Crippen molar-refractivity contribution in [2.45, 2.75) is 20.3 Å². The first-order valence-corrected chi connectivity index (χ1v) is 9.98. The van der Waals surface area contributed by atoms with Crippen molar-refractivity contribution in [3.8, 4) is 0 Å². The van der Waals surface area contributed by atoms with Gasteiger partial charge in [-0.15, -0.1) is 24.0 Å². The second-order valence-corrected chi connectivity index (χ2v) is 7.48. The van der Waals surface area contributed by atoms with E-state index in [1.54, 1.807) is 0 Å².